The number of carbonyl (C=O) groups is 4. The second-order valence-corrected chi connectivity index (χ2v) is 12.4. The monoisotopic (exact) mass is 687 g/mol. The van der Waals surface area contributed by atoms with Crippen molar-refractivity contribution in [2.45, 2.75) is 23.7 Å². The highest BCUT2D eigenvalue weighted by Gasteiger charge is 2.18. The molecule has 5 aromatic carbocycles. The number of aromatic hydroxyl groups is 1. The van der Waals surface area contributed by atoms with Gasteiger partial charge in [0.15, 0.2) is 0 Å². The van der Waals surface area contributed by atoms with Crippen LogP contribution in [0.1, 0.15) is 38.8 Å². The second kappa shape index (κ2) is 16.7. The van der Waals surface area contributed by atoms with E-state index in [1.165, 1.54) is 30.0 Å². The minimum Gasteiger partial charge on any atom is -0.507 e. The van der Waals surface area contributed by atoms with E-state index in [0.717, 1.165) is 10.5 Å². The number of carbonyl (C=O) groups excluding carboxylic acids is 3. The van der Waals surface area contributed by atoms with E-state index in [9.17, 15) is 29.4 Å². The highest BCUT2D eigenvalue weighted by molar-refractivity contribution is 8.00. The van der Waals surface area contributed by atoms with E-state index in [2.05, 4.69) is 16.0 Å². The van der Waals surface area contributed by atoms with Crippen LogP contribution >= 0.6 is 11.8 Å². The summed E-state index contributed by atoms with van der Waals surface area (Å²) >= 11 is 1.26. The molecule has 0 saturated carbocycles. The van der Waals surface area contributed by atoms with Crippen LogP contribution in [0.5, 0.6) is 11.5 Å². The maximum absolute atomic E-state index is 13.5. The van der Waals surface area contributed by atoms with Crippen LogP contribution in [0.3, 0.4) is 0 Å². The zero-order chi connectivity index (χ0) is 35.5. The number of thioether (sulfide) groups is 1. The van der Waals surface area contributed by atoms with Crippen molar-refractivity contribution in [1.29, 1.82) is 0 Å². The zero-order valence-electron chi connectivity index (χ0n) is 26.8. The number of rotatable bonds is 13. The van der Waals surface area contributed by atoms with Gasteiger partial charge in [0.05, 0.1) is 5.25 Å². The fourth-order valence-electron chi connectivity index (χ4n) is 4.61. The van der Waals surface area contributed by atoms with Gasteiger partial charge in [0, 0.05) is 21.8 Å². The number of benzene rings is 5. The first-order valence-corrected chi connectivity index (χ1v) is 16.3. The largest absolute Gasteiger partial charge is 0.507 e. The minimum atomic E-state index is -1.31. The van der Waals surface area contributed by atoms with E-state index >= 15 is 0 Å². The van der Waals surface area contributed by atoms with Gasteiger partial charge in [0.2, 0.25) is 5.91 Å². The molecular formula is C39H33N3O7S. The quantitative estimate of drug-likeness (QED) is 0.0495. The van der Waals surface area contributed by atoms with Crippen LogP contribution in [0.25, 0.3) is 6.08 Å². The van der Waals surface area contributed by atoms with Crippen molar-refractivity contribution in [3.05, 3.63) is 155 Å². The van der Waals surface area contributed by atoms with E-state index in [1.807, 2.05) is 30.3 Å². The molecule has 11 heteroatoms. The Kier molecular flexibility index (Phi) is 11.7. The third-order valence-corrected chi connectivity index (χ3v) is 8.37. The molecule has 0 heterocycles. The van der Waals surface area contributed by atoms with Crippen molar-refractivity contribution in [2.75, 3.05) is 10.6 Å². The van der Waals surface area contributed by atoms with Gasteiger partial charge in [-0.2, -0.15) is 0 Å². The van der Waals surface area contributed by atoms with E-state index in [0.29, 0.717) is 29.2 Å². The Morgan fingerprint density at radius 3 is 2.08 bits per heavy atom. The first-order chi connectivity index (χ1) is 24.1. The van der Waals surface area contributed by atoms with Gasteiger partial charge in [0.25, 0.3) is 11.8 Å². The maximum atomic E-state index is 13.5. The molecule has 0 radical (unpaired) electrons. The summed E-state index contributed by atoms with van der Waals surface area (Å²) < 4.78 is 5.87. The number of nitrogens with one attached hydrogen (secondary N) is 3. The van der Waals surface area contributed by atoms with E-state index in [4.69, 9.17) is 4.74 Å². The Morgan fingerprint density at radius 1 is 0.780 bits per heavy atom. The van der Waals surface area contributed by atoms with Gasteiger partial charge in [-0.05, 0) is 90.9 Å². The lowest BCUT2D eigenvalue weighted by molar-refractivity contribution is -0.115. The lowest BCUT2D eigenvalue weighted by atomic mass is 10.1. The van der Waals surface area contributed by atoms with Crippen LogP contribution in [0.2, 0.25) is 0 Å². The SMILES string of the molecule is CC(Sc1ccc(NC(=O)/C(=C/c2ccc(OCc3ccccc3)cc2)NC(=O)c2ccccc2)cc1)C(=O)Nc1ccc(O)c(C(=O)O)c1. The van der Waals surface area contributed by atoms with Crippen LogP contribution in [0, 0.1) is 0 Å². The molecule has 50 heavy (non-hydrogen) atoms. The molecule has 0 aliphatic rings. The van der Waals surface area contributed by atoms with Crippen LogP contribution in [-0.4, -0.2) is 39.2 Å². The van der Waals surface area contributed by atoms with Crippen molar-refractivity contribution < 1.29 is 34.1 Å². The normalized spacial score (nSPS) is 11.6. The molecule has 0 aliphatic heterocycles. The van der Waals surface area contributed by atoms with Crippen molar-refractivity contribution in [1.82, 2.24) is 5.32 Å². The Morgan fingerprint density at radius 2 is 1.42 bits per heavy atom. The Labute approximate surface area is 292 Å². The molecule has 5 N–H and O–H groups in total. The van der Waals surface area contributed by atoms with Crippen molar-refractivity contribution >= 4 is 52.9 Å². The van der Waals surface area contributed by atoms with Crippen LogP contribution < -0.4 is 20.7 Å². The van der Waals surface area contributed by atoms with E-state index < -0.39 is 28.8 Å². The molecule has 0 saturated heterocycles. The Balaban J connectivity index is 1.24. The van der Waals surface area contributed by atoms with Crippen molar-refractivity contribution in [2.24, 2.45) is 0 Å². The van der Waals surface area contributed by atoms with Crippen LogP contribution in [0.4, 0.5) is 11.4 Å². The van der Waals surface area contributed by atoms with Crippen LogP contribution in [-0.2, 0) is 16.2 Å². The first kappa shape index (κ1) is 35.0. The van der Waals surface area contributed by atoms with Gasteiger partial charge in [-0.25, -0.2) is 4.79 Å². The van der Waals surface area contributed by atoms with Gasteiger partial charge in [0.1, 0.15) is 29.4 Å². The minimum absolute atomic E-state index is 0.0286. The van der Waals surface area contributed by atoms with Crippen molar-refractivity contribution in [3.8, 4) is 11.5 Å². The number of carboxylic acids is 1. The fraction of sp³-hybridized carbons (Fsp3) is 0.0769. The zero-order valence-corrected chi connectivity index (χ0v) is 27.6. The summed E-state index contributed by atoms with van der Waals surface area (Å²) in [6.07, 6.45) is 1.58. The predicted molar refractivity (Wildman–Crippen MR) is 193 cm³/mol. The maximum Gasteiger partial charge on any atom is 0.339 e. The fourth-order valence-corrected chi connectivity index (χ4v) is 5.48. The number of hydrogen-bond donors (Lipinski definition) is 5. The molecular weight excluding hydrogens is 655 g/mol. The molecule has 252 valence electrons. The Hall–Kier alpha value is -6.33. The van der Waals surface area contributed by atoms with Crippen LogP contribution in [0.15, 0.2) is 138 Å². The first-order valence-electron chi connectivity index (χ1n) is 15.4. The molecule has 0 bridgehead atoms. The lowest BCUT2D eigenvalue weighted by Crippen LogP contribution is -2.30. The van der Waals surface area contributed by atoms with Gasteiger partial charge < -0.3 is 30.9 Å². The second-order valence-electron chi connectivity index (χ2n) is 11.0. The summed E-state index contributed by atoms with van der Waals surface area (Å²) in [6, 6.07) is 36.2. The molecule has 5 rings (SSSR count). The summed E-state index contributed by atoms with van der Waals surface area (Å²) in [7, 11) is 0. The molecule has 0 aromatic heterocycles. The molecule has 10 nitrogen and oxygen atoms in total. The lowest BCUT2D eigenvalue weighted by Gasteiger charge is -2.14. The summed E-state index contributed by atoms with van der Waals surface area (Å²) in [5.41, 5.74) is 2.51. The molecule has 0 fully saturated rings. The summed E-state index contributed by atoms with van der Waals surface area (Å²) in [5.74, 6) is -2.41. The predicted octanol–water partition coefficient (Wildman–Crippen LogP) is 7.20. The number of phenols is 1. The number of aromatic carboxylic acids is 1. The van der Waals surface area contributed by atoms with Gasteiger partial charge >= 0.3 is 5.97 Å². The van der Waals surface area contributed by atoms with Gasteiger partial charge in [-0.1, -0.05) is 60.7 Å². The Bertz CT molecular complexity index is 2000. The van der Waals surface area contributed by atoms with Gasteiger partial charge in [-0.15, -0.1) is 11.8 Å². The highest BCUT2D eigenvalue weighted by Crippen LogP contribution is 2.27. The number of carboxylic acid groups (broad SMARTS) is 1. The molecule has 1 unspecified atom stereocenters. The van der Waals surface area contributed by atoms with E-state index in [-0.39, 0.29) is 22.9 Å². The standard InChI is InChI=1S/C39H33N3O7S/c1-25(36(44)41-30-16-21-35(43)33(23-30)39(47)48)50-32-19-14-29(15-20-32)40-38(46)34(42-37(45)28-10-6-3-7-11-28)22-26-12-17-31(18-13-26)49-24-27-8-4-2-5-9-27/h2-23,25,43H,24H2,1H3,(H,40,46)(H,41,44)(H,42,45)(H,47,48)/b34-22-. The smallest absolute Gasteiger partial charge is 0.339 e. The highest BCUT2D eigenvalue weighted by atomic mass is 32.2. The summed E-state index contributed by atoms with van der Waals surface area (Å²) in [5, 5.41) is 26.6. The van der Waals surface area contributed by atoms with Gasteiger partial charge in [-0.3, -0.25) is 14.4 Å². The molecule has 5 aromatic rings. The number of amides is 3. The summed E-state index contributed by atoms with van der Waals surface area (Å²) in [4.78, 5) is 51.3. The molecule has 3 amide bonds. The molecule has 0 spiro atoms. The molecule has 1 atom stereocenters. The summed E-state index contributed by atoms with van der Waals surface area (Å²) in [6.45, 7) is 2.11. The van der Waals surface area contributed by atoms with E-state index in [1.54, 1.807) is 91.9 Å². The number of ether oxygens (including phenoxy) is 1. The average molecular weight is 688 g/mol. The molecule has 0 aliphatic carbocycles. The van der Waals surface area contributed by atoms with Crippen molar-refractivity contribution in [3.63, 3.8) is 0 Å². The number of anilines is 2. The third kappa shape index (κ3) is 9.85. The third-order valence-electron chi connectivity index (χ3n) is 7.26. The topological polar surface area (TPSA) is 154 Å². The number of hydrogen-bond acceptors (Lipinski definition) is 7. The average Bonchev–Trinajstić information content (AvgIpc) is 3.13.